The van der Waals surface area contributed by atoms with E-state index in [1.807, 2.05) is 39.0 Å². The molecule has 2 amide bonds. The molecule has 7 nitrogen and oxygen atoms in total. The third-order valence-corrected chi connectivity index (χ3v) is 5.11. The van der Waals surface area contributed by atoms with Crippen molar-refractivity contribution in [3.63, 3.8) is 0 Å². The van der Waals surface area contributed by atoms with Crippen LogP contribution in [0.5, 0.6) is 0 Å². The number of aliphatic hydroxyl groups excluding tert-OH is 1. The molecule has 0 aliphatic carbocycles. The number of hydrogen-bond donors (Lipinski definition) is 3. The highest BCUT2D eigenvalue weighted by molar-refractivity contribution is 5.98. The van der Waals surface area contributed by atoms with Crippen molar-refractivity contribution in [1.82, 2.24) is 4.98 Å². The molecule has 0 spiro atoms. The SMILES string of the molecule is CC(C)(C)[C@@H](OC(N)=O)C(C(=O)Nc1ccc2cnccc2c1)c1ccc(CO)cc1. The zero-order valence-corrected chi connectivity index (χ0v) is 17.8. The molecule has 3 rings (SSSR count). The van der Waals surface area contributed by atoms with Crippen molar-refractivity contribution >= 4 is 28.5 Å². The number of fused-ring (bicyclic) bond motifs is 1. The van der Waals surface area contributed by atoms with Crippen molar-refractivity contribution in [2.45, 2.75) is 39.4 Å². The predicted molar refractivity (Wildman–Crippen MR) is 119 cm³/mol. The molecule has 4 N–H and O–H groups in total. The van der Waals surface area contributed by atoms with Gasteiger partial charge >= 0.3 is 6.09 Å². The molecule has 2 atom stereocenters. The van der Waals surface area contributed by atoms with E-state index in [0.717, 1.165) is 10.8 Å². The molecule has 0 fully saturated rings. The summed E-state index contributed by atoms with van der Waals surface area (Å²) in [5, 5.41) is 14.2. The summed E-state index contributed by atoms with van der Waals surface area (Å²) in [5.74, 6) is -1.14. The van der Waals surface area contributed by atoms with Crippen LogP contribution >= 0.6 is 0 Å². The lowest BCUT2D eigenvalue weighted by Crippen LogP contribution is -2.43. The van der Waals surface area contributed by atoms with Gasteiger partial charge in [0.25, 0.3) is 0 Å². The Kier molecular flexibility index (Phi) is 6.56. The third-order valence-electron chi connectivity index (χ3n) is 5.11. The number of anilines is 1. The number of pyridine rings is 1. The van der Waals surface area contributed by atoms with E-state index in [4.69, 9.17) is 10.5 Å². The number of primary amides is 1. The molecule has 3 aromatic rings. The van der Waals surface area contributed by atoms with Crippen molar-refractivity contribution < 1.29 is 19.4 Å². The minimum atomic E-state index is -0.942. The lowest BCUT2D eigenvalue weighted by molar-refractivity contribution is -0.122. The molecule has 0 radical (unpaired) electrons. The Hall–Kier alpha value is -3.45. The van der Waals surface area contributed by atoms with Gasteiger partial charge < -0.3 is 20.9 Å². The summed E-state index contributed by atoms with van der Waals surface area (Å²) in [6.07, 6.45) is 1.69. The van der Waals surface area contributed by atoms with Crippen molar-refractivity contribution in [3.05, 3.63) is 72.1 Å². The molecule has 1 unspecified atom stereocenters. The topological polar surface area (TPSA) is 115 Å². The molecule has 162 valence electrons. The lowest BCUT2D eigenvalue weighted by atomic mass is 9.77. The van der Waals surface area contributed by atoms with E-state index < -0.39 is 23.5 Å². The van der Waals surface area contributed by atoms with Crippen molar-refractivity contribution in [1.29, 1.82) is 0 Å². The first-order valence-electron chi connectivity index (χ1n) is 9.99. The Morgan fingerprint density at radius 1 is 1.10 bits per heavy atom. The smallest absolute Gasteiger partial charge is 0.404 e. The Bertz CT molecular complexity index is 1070. The summed E-state index contributed by atoms with van der Waals surface area (Å²) < 4.78 is 5.44. The van der Waals surface area contributed by atoms with Crippen LogP contribution in [0.3, 0.4) is 0 Å². The van der Waals surface area contributed by atoms with E-state index in [1.165, 1.54) is 0 Å². The molecule has 0 saturated carbocycles. The molecule has 0 bridgehead atoms. The second-order valence-corrected chi connectivity index (χ2v) is 8.53. The Morgan fingerprint density at radius 2 is 1.81 bits per heavy atom. The molecule has 0 aliphatic rings. The van der Waals surface area contributed by atoms with Gasteiger partial charge in [-0.1, -0.05) is 51.1 Å². The minimum absolute atomic E-state index is 0.108. The summed E-state index contributed by atoms with van der Waals surface area (Å²) in [6.45, 7) is 5.54. The van der Waals surface area contributed by atoms with E-state index in [-0.39, 0.29) is 12.5 Å². The van der Waals surface area contributed by atoms with Gasteiger partial charge in [-0.15, -0.1) is 0 Å². The summed E-state index contributed by atoms with van der Waals surface area (Å²) in [7, 11) is 0. The maximum Gasteiger partial charge on any atom is 0.404 e. The molecular formula is C24H27N3O4. The minimum Gasteiger partial charge on any atom is -0.445 e. The van der Waals surface area contributed by atoms with Gasteiger partial charge in [0.2, 0.25) is 5.91 Å². The Balaban J connectivity index is 1.99. The van der Waals surface area contributed by atoms with Crippen LogP contribution in [0.25, 0.3) is 10.8 Å². The first-order valence-corrected chi connectivity index (χ1v) is 9.99. The first-order chi connectivity index (χ1) is 14.7. The number of nitrogens with two attached hydrogens (primary N) is 1. The highest BCUT2D eigenvalue weighted by Gasteiger charge is 2.40. The van der Waals surface area contributed by atoms with Crippen LogP contribution in [0.4, 0.5) is 10.5 Å². The number of ether oxygens (including phenoxy) is 1. The summed E-state index contributed by atoms with van der Waals surface area (Å²) in [4.78, 5) is 29.2. The zero-order valence-electron chi connectivity index (χ0n) is 17.8. The number of nitrogens with zero attached hydrogens (tertiary/aromatic N) is 1. The lowest BCUT2D eigenvalue weighted by Gasteiger charge is -2.35. The molecule has 31 heavy (non-hydrogen) atoms. The largest absolute Gasteiger partial charge is 0.445 e. The molecule has 2 aromatic carbocycles. The fourth-order valence-electron chi connectivity index (χ4n) is 3.55. The summed E-state index contributed by atoms with van der Waals surface area (Å²) in [5.41, 5.74) is 6.76. The number of benzene rings is 2. The van der Waals surface area contributed by atoms with Crippen molar-refractivity contribution in [2.75, 3.05) is 5.32 Å². The van der Waals surface area contributed by atoms with E-state index in [9.17, 15) is 14.7 Å². The zero-order chi connectivity index (χ0) is 22.6. The van der Waals surface area contributed by atoms with Gasteiger partial charge in [0.15, 0.2) is 0 Å². The quantitative estimate of drug-likeness (QED) is 0.557. The van der Waals surface area contributed by atoms with Gasteiger partial charge in [-0.3, -0.25) is 9.78 Å². The van der Waals surface area contributed by atoms with E-state index >= 15 is 0 Å². The number of aromatic nitrogens is 1. The summed E-state index contributed by atoms with van der Waals surface area (Å²) >= 11 is 0. The Morgan fingerprint density at radius 3 is 2.42 bits per heavy atom. The average molecular weight is 421 g/mol. The van der Waals surface area contributed by atoms with Crippen molar-refractivity contribution in [2.24, 2.45) is 11.1 Å². The van der Waals surface area contributed by atoms with Gasteiger partial charge in [-0.2, -0.15) is 0 Å². The standard InChI is InChI=1S/C24H27N3O4/c1-24(2,3)21(31-23(25)30)20(16-6-4-15(14-28)5-7-16)22(29)27-19-9-8-18-13-26-11-10-17(18)12-19/h4-13,20-21,28H,14H2,1-3H3,(H2,25,30)(H,27,29)/t20?,21-/m0/s1. The second kappa shape index (κ2) is 9.14. The number of carbonyl (C=O) groups is 2. The molecule has 7 heteroatoms. The summed E-state index contributed by atoms with van der Waals surface area (Å²) in [6, 6.07) is 14.4. The number of amides is 2. The maximum atomic E-state index is 13.5. The number of carbonyl (C=O) groups excluding carboxylic acids is 2. The fourth-order valence-corrected chi connectivity index (χ4v) is 3.55. The van der Waals surface area contributed by atoms with Crippen LogP contribution in [0.15, 0.2) is 60.9 Å². The molecule has 1 heterocycles. The van der Waals surface area contributed by atoms with Crippen LogP contribution in [0, 0.1) is 5.41 Å². The van der Waals surface area contributed by atoms with Gasteiger partial charge in [0.05, 0.1) is 6.61 Å². The van der Waals surface area contributed by atoms with Crippen LogP contribution in [-0.4, -0.2) is 28.2 Å². The van der Waals surface area contributed by atoms with Crippen molar-refractivity contribution in [3.8, 4) is 0 Å². The first kappa shape index (κ1) is 22.2. The number of hydrogen-bond acceptors (Lipinski definition) is 5. The highest BCUT2D eigenvalue weighted by Crippen LogP contribution is 2.36. The highest BCUT2D eigenvalue weighted by atomic mass is 16.6. The van der Waals surface area contributed by atoms with Gasteiger partial charge in [0.1, 0.15) is 12.0 Å². The van der Waals surface area contributed by atoms with Crippen LogP contribution in [0.2, 0.25) is 0 Å². The molecule has 0 aliphatic heterocycles. The average Bonchev–Trinajstić information content (AvgIpc) is 2.72. The van der Waals surface area contributed by atoms with E-state index in [0.29, 0.717) is 16.8 Å². The van der Waals surface area contributed by atoms with Gasteiger partial charge in [0, 0.05) is 28.9 Å². The number of nitrogens with one attached hydrogen (secondary N) is 1. The second-order valence-electron chi connectivity index (χ2n) is 8.53. The third kappa shape index (κ3) is 5.38. The van der Waals surface area contributed by atoms with Crippen LogP contribution in [0.1, 0.15) is 37.8 Å². The fraction of sp³-hybridized carbons (Fsp3) is 0.292. The maximum absolute atomic E-state index is 13.5. The number of rotatable bonds is 6. The monoisotopic (exact) mass is 421 g/mol. The predicted octanol–water partition coefficient (Wildman–Crippen LogP) is 3.96. The van der Waals surface area contributed by atoms with E-state index in [2.05, 4.69) is 10.3 Å². The van der Waals surface area contributed by atoms with Gasteiger partial charge in [-0.05, 0) is 34.7 Å². The van der Waals surface area contributed by atoms with Crippen LogP contribution in [-0.2, 0) is 16.1 Å². The molecular weight excluding hydrogens is 394 g/mol. The van der Waals surface area contributed by atoms with E-state index in [1.54, 1.807) is 42.7 Å². The normalized spacial score (nSPS) is 13.4. The van der Waals surface area contributed by atoms with Gasteiger partial charge in [-0.25, -0.2) is 4.79 Å². The molecule has 0 saturated heterocycles. The Labute approximate surface area is 181 Å². The molecule has 1 aromatic heterocycles. The number of aliphatic hydroxyl groups is 1. The van der Waals surface area contributed by atoms with Crippen LogP contribution < -0.4 is 11.1 Å².